The third kappa shape index (κ3) is 5.64. The molecule has 1 N–H and O–H groups in total. The number of nitrogens with one attached hydrogen (secondary N) is 1. The normalized spacial score (nSPS) is 10.8. The van der Waals surface area contributed by atoms with Gasteiger partial charge >= 0.3 is 0 Å². The van der Waals surface area contributed by atoms with Crippen LogP contribution in [-0.4, -0.2) is 53.1 Å². The van der Waals surface area contributed by atoms with Gasteiger partial charge < -0.3 is 14.1 Å². The highest BCUT2D eigenvalue weighted by atomic mass is 19.1. The highest BCUT2D eigenvalue weighted by molar-refractivity contribution is 5.97. The van der Waals surface area contributed by atoms with Crippen molar-refractivity contribution >= 4 is 17.8 Å². The van der Waals surface area contributed by atoms with Crippen LogP contribution < -0.4 is 5.32 Å². The van der Waals surface area contributed by atoms with E-state index in [4.69, 9.17) is 9.15 Å². The Morgan fingerprint density at radius 1 is 1.14 bits per heavy atom. The molecule has 0 unspecified atom stereocenters. The Balaban J connectivity index is 1.62. The number of rotatable bonds is 9. The van der Waals surface area contributed by atoms with Crippen LogP contribution in [0.2, 0.25) is 0 Å². The molecule has 0 saturated heterocycles. The van der Waals surface area contributed by atoms with Gasteiger partial charge in [-0.3, -0.25) is 19.5 Å². The number of ether oxygens (including phenoxy) is 1. The molecule has 0 aliphatic rings. The van der Waals surface area contributed by atoms with Crippen molar-refractivity contribution in [2.24, 2.45) is 0 Å². The van der Waals surface area contributed by atoms with Crippen LogP contribution in [0.4, 0.5) is 10.3 Å². The predicted octanol–water partition coefficient (Wildman–Crippen LogP) is 4.31. The number of aryl methyl sites for hydroxylation is 1. The fraction of sp³-hybridized carbons (Fsp3) is 0.192. The van der Waals surface area contributed by atoms with Gasteiger partial charge in [0.25, 0.3) is 5.91 Å². The van der Waals surface area contributed by atoms with Crippen LogP contribution in [0.3, 0.4) is 0 Å². The van der Waals surface area contributed by atoms with E-state index >= 15 is 0 Å². The second-order valence-corrected chi connectivity index (χ2v) is 7.86. The van der Waals surface area contributed by atoms with Crippen LogP contribution in [0, 0.1) is 12.7 Å². The van der Waals surface area contributed by atoms with E-state index in [0.717, 1.165) is 5.56 Å². The summed E-state index contributed by atoms with van der Waals surface area (Å²) in [6, 6.07) is 17.4. The number of imidazole rings is 1. The first-order chi connectivity index (χ1) is 17.0. The van der Waals surface area contributed by atoms with Crippen molar-refractivity contribution in [3.63, 3.8) is 0 Å². The Hall–Kier alpha value is -4.24. The van der Waals surface area contributed by atoms with E-state index in [-0.39, 0.29) is 37.2 Å². The molecule has 0 atom stereocenters. The lowest BCUT2D eigenvalue weighted by molar-refractivity contribution is -0.117. The maximum atomic E-state index is 14.3. The van der Waals surface area contributed by atoms with Gasteiger partial charge in [0.05, 0.1) is 24.3 Å². The molecular weight excluding hydrogens is 451 g/mol. The Bertz CT molecular complexity index is 1300. The van der Waals surface area contributed by atoms with Crippen molar-refractivity contribution in [2.75, 3.05) is 32.1 Å². The lowest BCUT2D eigenvalue weighted by Crippen LogP contribution is -2.40. The standard InChI is InChI=1S/C26H25FN4O4/c1-18-10-11-20(15-21(18)27)31-16-22(19-7-4-3-5-8-19)28-26(31)29-24(32)17-30(12-14-34-2)25(33)23-9-6-13-35-23/h3-11,13,15-16H,12,14,17H2,1-2H3,(H,28,29,32). The first-order valence-corrected chi connectivity index (χ1v) is 11.0. The lowest BCUT2D eigenvalue weighted by Gasteiger charge is -2.20. The highest BCUT2D eigenvalue weighted by Crippen LogP contribution is 2.25. The molecule has 2 amide bonds. The van der Waals surface area contributed by atoms with E-state index < -0.39 is 11.8 Å². The number of methoxy groups -OCH3 is 1. The van der Waals surface area contributed by atoms with Crippen LogP contribution >= 0.6 is 0 Å². The fourth-order valence-electron chi connectivity index (χ4n) is 3.49. The molecule has 0 saturated carbocycles. The third-order valence-electron chi connectivity index (χ3n) is 5.38. The van der Waals surface area contributed by atoms with Gasteiger partial charge in [0, 0.05) is 25.4 Å². The first kappa shape index (κ1) is 23.9. The Morgan fingerprint density at radius 3 is 2.63 bits per heavy atom. The van der Waals surface area contributed by atoms with E-state index in [1.165, 1.54) is 30.4 Å². The number of hydrogen-bond donors (Lipinski definition) is 1. The molecule has 0 spiro atoms. The summed E-state index contributed by atoms with van der Waals surface area (Å²) in [6.45, 7) is 1.86. The van der Waals surface area contributed by atoms with Crippen LogP contribution in [0.15, 0.2) is 77.5 Å². The van der Waals surface area contributed by atoms with Gasteiger partial charge in [0.2, 0.25) is 11.9 Å². The van der Waals surface area contributed by atoms with Crippen molar-refractivity contribution in [3.8, 4) is 16.9 Å². The zero-order valence-corrected chi connectivity index (χ0v) is 19.4. The average molecular weight is 477 g/mol. The Labute approximate surface area is 202 Å². The van der Waals surface area contributed by atoms with Gasteiger partial charge in [-0.05, 0) is 36.8 Å². The van der Waals surface area contributed by atoms with E-state index in [0.29, 0.717) is 16.9 Å². The molecule has 2 aromatic carbocycles. The molecule has 2 heterocycles. The molecular formula is C26H25FN4O4. The molecule has 35 heavy (non-hydrogen) atoms. The number of carbonyl (C=O) groups is 2. The largest absolute Gasteiger partial charge is 0.459 e. The van der Waals surface area contributed by atoms with E-state index in [1.807, 2.05) is 30.3 Å². The number of amides is 2. The van der Waals surface area contributed by atoms with Crippen LogP contribution in [-0.2, 0) is 9.53 Å². The summed E-state index contributed by atoms with van der Waals surface area (Å²) in [5.41, 5.74) is 2.45. The molecule has 8 nitrogen and oxygen atoms in total. The summed E-state index contributed by atoms with van der Waals surface area (Å²) in [4.78, 5) is 31.7. The van der Waals surface area contributed by atoms with Crippen LogP contribution in [0.5, 0.6) is 0 Å². The van der Waals surface area contributed by atoms with Crippen molar-refractivity contribution in [1.29, 1.82) is 0 Å². The predicted molar refractivity (Wildman–Crippen MR) is 129 cm³/mol. The molecule has 180 valence electrons. The molecule has 0 aliphatic heterocycles. The molecule has 0 bridgehead atoms. The van der Waals surface area contributed by atoms with E-state index in [9.17, 15) is 14.0 Å². The molecule has 0 radical (unpaired) electrons. The summed E-state index contributed by atoms with van der Waals surface area (Å²) >= 11 is 0. The third-order valence-corrected chi connectivity index (χ3v) is 5.38. The second-order valence-electron chi connectivity index (χ2n) is 7.86. The number of carbonyl (C=O) groups excluding carboxylic acids is 2. The molecule has 9 heteroatoms. The second kappa shape index (κ2) is 10.8. The highest BCUT2D eigenvalue weighted by Gasteiger charge is 2.22. The van der Waals surface area contributed by atoms with E-state index in [2.05, 4.69) is 10.3 Å². The smallest absolute Gasteiger partial charge is 0.290 e. The molecule has 2 aromatic heterocycles. The molecule has 4 rings (SSSR count). The lowest BCUT2D eigenvalue weighted by atomic mass is 10.2. The summed E-state index contributed by atoms with van der Waals surface area (Å²) in [5, 5.41) is 2.77. The number of benzene rings is 2. The van der Waals surface area contributed by atoms with Crippen LogP contribution in [0.1, 0.15) is 16.1 Å². The summed E-state index contributed by atoms with van der Waals surface area (Å²) in [6.07, 6.45) is 3.12. The van der Waals surface area contributed by atoms with Gasteiger partial charge in [-0.1, -0.05) is 36.4 Å². The number of hydrogen-bond acceptors (Lipinski definition) is 5. The SMILES string of the molecule is COCCN(CC(=O)Nc1nc(-c2ccccc2)cn1-c1ccc(C)c(F)c1)C(=O)c1ccco1. The maximum absolute atomic E-state index is 14.3. The molecule has 0 fully saturated rings. The number of furan rings is 1. The quantitative estimate of drug-likeness (QED) is 0.389. The molecule has 0 aliphatic carbocycles. The van der Waals surface area contributed by atoms with Crippen LogP contribution in [0.25, 0.3) is 16.9 Å². The number of aromatic nitrogens is 2. The zero-order valence-electron chi connectivity index (χ0n) is 19.4. The minimum Gasteiger partial charge on any atom is -0.459 e. The minimum absolute atomic E-state index is 0.122. The monoisotopic (exact) mass is 476 g/mol. The van der Waals surface area contributed by atoms with Gasteiger partial charge in [-0.15, -0.1) is 0 Å². The fourth-order valence-corrected chi connectivity index (χ4v) is 3.49. The van der Waals surface area contributed by atoms with Crippen molar-refractivity contribution in [2.45, 2.75) is 6.92 Å². The summed E-state index contributed by atoms with van der Waals surface area (Å²) in [7, 11) is 1.51. The Morgan fingerprint density at radius 2 is 1.94 bits per heavy atom. The van der Waals surface area contributed by atoms with Gasteiger partial charge in [-0.2, -0.15) is 0 Å². The van der Waals surface area contributed by atoms with Gasteiger partial charge in [0.15, 0.2) is 5.76 Å². The number of anilines is 1. The topological polar surface area (TPSA) is 89.6 Å². The summed E-state index contributed by atoms with van der Waals surface area (Å²) < 4.78 is 26.2. The zero-order chi connectivity index (χ0) is 24.8. The van der Waals surface area contributed by atoms with Gasteiger partial charge in [0.1, 0.15) is 12.4 Å². The van der Waals surface area contributed by atoms with Crippen molar-refractivity contribution in [3.05, 3.63) is 90.3 Å². The minimum atomic E-state index is -0.472. The first-order valence-electron chi connectivity index (χ1n) is 11.0. The number of nitrogens with zero attached hydrogens (tertiary/aromatic N) is 3. The average Bonchev–Trinajstić information content (AvgIpc) is 3.54. The number of halogens is 1. The Kier molecular flexibility index (Phi) is 7.37. The van der Waals surface area contributed by atoms with Gasteiger partial charge in [-0.25, -0.2) is 9.37 Å². The van der Waals surface area contributed by atoms with Crippen molar-refractivity contribution in [1.82, 2.24) is 14.5 Å². The molecule has 4 aromatic rings. The van der Waals surface area contributed by atoms with Crippen molar-refractivity contribution < 1.29 is 23.1 Å². The maximum Gasteiger partial charge on any atom is 0.290 e. The van der Waals surface area contributed by atoms with E-state index in [1.54, 1.807) is 35.9 Å². The summed E-state index contributed by atoms with van der Waals surface area (Å²) in [5.74, 6) is -0.952.